The Bertz CT molecular complexity index is 478. The number of hydrogen-bond donors (Lipinski definition) is 1. The largest absolute Gasteiger partial charge is 0.478 e. The van der Waals surface area contributed by atoms with Gasteiger partial charge in [0.05, 0.1) is 5.92 Å². The predicted octanol–water partition coefficient (Wildman–Crippen LogP) is 2.25. The summed E-state index contributed by atoms with van der Waals surface area (Å²) >= 11 is 0. The molecule has 1 aromatic rings. The Morgan fingerprint density at radius 3 is 2.59 bits per heavy atom. The van der Waals surface area contributed by atoms with Crippen LogP contribution in [0.3, 0.4) is 0 Å². The molecule has 1 aliphatic rings. The molecule has 1 N–H and O–H groups in total. The second-order valence-electron chi connectivity index (χ2n) is 4.55. The Balaban J connectivity index is 2.20. The molecule has 1 fully saturated rings. The van der Waals surface area contributed by atoms with Crippen LogP contribution in [-0.2, 0) is 4.79 Å². The summed E-state index contributed by atoms with van der Waals surface area (Å²) in [5.74, 6) is -1.00. The van der Waals surface area contributed by atoms with Gasteiger partial charge >= 0.3 is 11.9 Å². The van der Waals surface area contributed by atoms with Crippen LogP contribution in [0.5, 0.6) is 5.75 Å². The quantitative estimate of drug-likeness (QED) is 0.643. The minimum atomic E-state index is -1.08. The molecule has 0 radical (unpaired) electrons. The number of carbonyl (C=O) groups excluding carboxylic acids is 1. The lowest BCUT2D eigenvalue weighted by molar-refractivity contribution is -0.136. The first-order valence-electron chi connectivity index (χ1n) is 5.54. The number of aromatic carboxylic acids is 1. The molecule has 1 saturated carbocycles. The Hall–Kier alpha value is -1.84. The average molecular weight is 234 g/mol. The number of carboxylic acids is 1. The van der Waals surface area contributed by atoms with E-state index in [9.17, 15) is 9.59 Å². The summed E-state index contributed by atoms with van der Waals surface area (Å²) in [5.41, 5.74) is 0.855. The highest BCUT2D eigenvalue weighted by Crippen LogP contribution is 2.39. The summed E-state index contributed by atoms with van der Waals surface area (Å²) in [5, 5.41) is 9.02. The lowest BCUT2D eigenvalue weighted by Crippen LogP contribution is -2.13. The van der Waals surface area contributed by atoms with Crippen LogP contribution in [0.4, 0.5) is 0 Å². The third-order valence-electron chi connectivity index (χ3n) is 2.99. The molecule has 17 heavy (non-hydrogen) atoms. The third kappa shape index (κ3) is 2.46. The van der Waals surface area contributed by atoms with Gasteiger partial charge < -0.3 is 9.84 Å². The fraction of sp³-hybridized carbons (Fsp3) is 0.385. The molecule has 0 saturated heterocycles. The highest BCUT2D eigenvalue weighted by molar-refractivity contribution is 5.92. The second-order valence-corrected chi connectivity index (χ2v) is 4.55. The molecule has 4 heteroatoms. The van der Waals surface area contributed by atoms with Gasteiger partial charge in [0.2, 0.25) is 0 Å². The van der Waals surface area contributed by atoms with E-state index in [0.29, 0.717) is 5.92 Å². The van der Waals surface area contributed by atoms with E-state index >= 15 is 0 Å². The molecule has 0 aliphatic heterocycles. The maximum absolute atomic E-state index is 11.6. The zero-order valence-corrected chi connectivity index (χ0v) is 9.77. The maximum atomic E-state index is 11.6. The van der Waals surface area contributed by atoms with E-state index in [1.54, 1.807) is 13.0 Å². The molecular weight excluding hydrogens is 220 g/mol. The summed E-state index contributed by atoms with van der Waals surface area (Å²) in [4.78, 5) is 22.6. The predicted molar refractivity (Wildman–Crippen MR) is 61.0 cm³/mol. The smallest absolute Gasteiger partial charge is 0.339 e. The molecule has 1 aromatic carbocycles. The van der Waals surface area contributed by atoms with Gasteiger partial charge in [-0.25, -0.2) is 4.79 Å². The average Bonchev–Trinajstić information content (AvgIpc) is 2.98. The minimum absolute atomic E-state index is 0.0339. The summed E-state index contributed by atoms with van der Waals surface area (Å²) in [6, 6.07) is 4.76. The number of benzene rings is 1. The first kappa shape index (κ1) is 11.6. The molecule has 2 unspecified atom stereocenters. The molecule has 0 heterocycles. The van der Waals surface area contributed by atoms with E-state index in [1.165, 1.54) is 12.1 Å². The van der Waals surface area contributed by atoms with E-state index < -0.39 is 5.97 Å². The molecule has 0 aromatic heterocycles. The lowest BCUT2D eigenvalue weighted by Gasteiger charge is -2.07. The first-order valence-corrected chi connectivity index (χ1v) is 5.54. The summed E-state index contributed by atoms with van der Waals surface area (Å²) in [6.07, 6.45) is 0.826. The summed E-state index contributed by atoms with van der Waals surface area (Å²) < 4.78 is 5.14. The second kappa shape index (κ2) is 4.20. The van der Waals surface area contributed by atoms with Crippen molar-refractivity contribution in [1.82, 2.24) is 0 Å². The van der Waals surface area contributed by atoms with Crippen LogP contribution < -0.4 is 4.74 Å². The molecule has 0 bridgehead atoms. The van der Waals surface area contributed by atoms with E-state index in [-0.39, 0.29) is 23.2 Å². The van der Waals surface area contributed by atoms with Gasteiger partial charge in [-0.15, -0.1) is 0 Å². The first-order chi connectivity index (χ1) is 7.99. The molecule has 1 aliphatic carbocycles. The number of esters is 1. The Morgan fingerprint density at radius 2 is 2.06 bits per heavy atom. The number of ether oxygens (including phenoxy) is 1. The topological polar surface area (TPSA) is 63.6 Å². The van der Waals surface area contributed by atoms with Crippen LogP contribution in [0.1, 0.15) is 29.3 Å². The van der Waals surface area contributed by atoms with Crippen LogP contribution in [0, 0.1) is 18.8 Å². The van der Waals surface area contributed by atoms with Gasteiger partial charge in [0.15, 0.2) is 0 Å². The van der Waals surface area contributed by atoms with Crippen molar-refractivity contribution in [2.45, 2.75) is 20.3 Å². The van der Waals surface area contributed by atoms with Crippen molar-refractivity contribution in [2.24, 2.45) is 11.8 Å². The fourth-order valence-corrected chi connectivity index (χ4v) is 1.73. The van der Waals surface area contributed by atoms with Crippen LogP contribution in [-0.4, -0.2) is 17.0 Å². The third-order valence-corrected chi connectivity index (χ3v) is 2.99. The number of hydrogen-bond acceptors (Lipinski definition) is 3. The molecule has 0 spiro atoms. The van der Waals surface area contributed by atoms with Gasteiger partial charge in [0.1, 0.15) is 11.3 Å². The van der Waals surface area contributed by atoms with Crippen molar-refractivity contribution in [3.8, 4) is 5.75 Å². The number of rotatable bonds is 3. The van der Waals surface area contributed by atoms with Crippen molar-refractivity contribution in [3.05, 3.63) is 29.3 Å². The highest BCUT2D eigenvalue weighted by atomic mass is 16.5. The van der Waals surface area contributed by atoms with Gasteiger partial charge in [-0.2, -0.15) is 0 Å². The van der Waals surface area contributed by atoms with Crippen LogP contribution in [0.15, 0.2) is 18.2 Å². The Labute approximate surface area is 99.2 Å². The minimum Gasteiger partial charge on any atom is -0.478 e. The molecule has 90 valence electrons. The lowest BCUT2D eigenvalue weighted by atomic mass is 10.1. The van der Waals surface area contributed by atoms with Gasteiger partial charge in [-0.1, -0.05) is 18.6 Å². The number of carbonyl (C=O) groups is 2. The van der Waals surface area contributed by atoms with Crippen molar-refractivity contribution < 1.29 is 19.4 Å². The highest BCUT2D eigenvalue weighted by Gasteiger charge is 2.41. The van der Waals surface area contributed by atoms with E-state index in [2.05, 4.69) is 0 Å². The van der Waals surface area contributed by atoms with Gasteiger partial charge in [0, 0.05) is 0 Å². The monoisotopic (exact) mass is 234 g/mol. The number of carboxylic acid groups (broad SMARTS) is 1. The van der Waals surface area contributed by atoms with Crippen molar-refractivity contribution in [2.75, 3.05) is 0 Å². The van der Waals surface area contributed by atoms with Crippen LogP contribution in [0.2, 0.25) is 0 Å². The Morgan fingerprint density at radius 1 is 1.41 bits per heavy atom. The van der Waals surface area contributed by atoms with Gasteiger partial charge in [-0.05, 0) is 31.4 Å². The van der Waals surface area contributed by atoms with Gasteiger partial charge in [0.25, 0.3) is 0 Å². The molecule has 2 rings (SSSR count). The molecule has 0 amide bonds. The molecule has 2 atom stereocenters. The Kier molecular flexibility index (Phi) is 2.88. The van der Waals surface area contributed by atoms with E-state index in [0.717, 1.165) is 12.0 Å². The SMILES string of the molecule is Cc1ccc(OC(=O)C2CC2C)c(C(=O)O)c1. The zero-order chi connectivity index (χ0) is 12.6. The standard InChI is InChI=1S/C13H14O4/c1-7-3-4-11(10(5-7)12(14)15)17-13(16)9-6-8(9)2/h3-5,8-9H,6H2,1-2H3,(H,14,15). The zero-order valence-electron chi connectivity index (χ0n) is 9.77. The normalized spacial score (nSPS) is 22.0. The maximum Gasteiger partial charge on any atom is 0.339 e. The van der Waals surface area contributed by atoms with Gasteiger partial charge in [-0.3, -0.25) is 4.79 Å². The molecule has 4 nitrogen and oxygen atoms in total. The summed E-state index contributed by atoms with van der Waals surface area (Å²) in [7, 11) is 0. The molecular formula is C13H14O4. The van der Waals surface area contributed by atoms with Crippen LogP contribution >= 0.6 is 0 Å². The number of aryl methyl sites for hydroxylation is 1. The summed E-state index contributed by atoms with van der Waals surface area (Å²) in [6.45, 7) is 3.76. The van der Waals surface area contributed by atoms with E-state index in [4.69, 9.17) is 9.84 Å². The van der Waals surface area contributed by atoms with E-state index in [1.807, 2.05) is 6.92 Å². The van der Waals surface area contributed by atoms with Crippen molar-refractivity contribution >= 4 is 11.9 Å². The fourth-order valence-electron chi connectivity index (χ4n) is 1.73. The van der Waals surface area contributed by atoms with Crippen molar-refractivity contribution in [1.29, 1.82) is 0 Å². The van der Waals surface area contributed by atoms with Crippen LogP contribution in [0.25, 0.3) is 0 Å². The van der Waals surface area contributed by atoms with Crippen molar-refractivity contribution in [3.63, 3.8) is 0 Å².